The third-order valence-corrected chi connectivity index (χ3v) is 7.25. The van der Waals surface area contributed by atoms with Gasteiger partial charge in [0.25, 0.3) is 0 Å². The zero-order valence-electron chi connectivity index (χ0n) is 23.3. The van der Waals surface area contributed by atoms with Gasteiger partial charge in [-0.3, -0.25) is 0 Å². The lowest BCUT2D eigenvalue weighted by Gasteiger charge is -2.20. The molecule has 0 atom stereocenters. The molecule has 0 heterocycles. The molecule has 43 heavy (non-hydrogen) atoms. The molecular weight excluding hydrogens is 562 g/mol. The van der Waals surface area contributed by atoms with Crippen LogP contribution in [0.25, 0.3) is 33.4 Å². The van der Waals surface area contributed by atoms with Gasteiger partial charge in [-0.25, -0.2) is 17.6 Å². The van der Waals surface area contributed by atoms with E-state index in [1.807, 2.05) is 12.1 Å². The zero-order valence-corrected chi connectivity index (χ0v) is 23.3. The Hall–Kier alpha value is -4.52. The number of benzene rings is 5. The lowest BCUT2D eigenvalue weighted by atomic mass is 9.99. The lowest BCUT2D eigenvalue weighted by molar-refractivity contribution is -0.189. The molecule has 5 aromatic carbocycles. The van der Waals surface area contributed by atoms with Crippen LogP contribution in [0.15, 0.2) is 103 Å². The molecule has 5 rings (SSSR count). The van der Waals surface area contributed by atoms with Gasteiger partial charge < -0.3 is 4.74 Å². The second-order valence-electron chi connectivity index (χ2n) is 10.3. The first kappa shape index (κ1) is 30.0. The van der Waals surface area contributed by atoms with Crippen molar-refractivity contribution in [2.75, 3.05) is 0 Å². The average Bonchev–Trinajstić information content (AvgIpc) is 2.98. The highest BCUT2D eigenvalue weighted by Crippen LogP contribution is 2.38. The summed E-state index contributed by atoms with van der Waals surface area (Å²) in [5.41, 5.74) is 1.98. The molecule has 0 bridgehead atoms. The molecule has 0 unspecified atom stereocenters. The summed E-state index contributed by atoms with van der Waals surface area (Å²) in [6.07, 6.45) is -0.176. The summed E-state index contributed by atoms with van der Waals surface area (Å²) in [5.74, 6) is -4.18. The van der Waals surface area contributed by atoms with Gasteiger partial charge in [-0.1, -0.05) is 80.4 Å². The third kappa shape index (κ3) is 6.94. The van der Waals surface area contributed by atoms with Crippen molar-refractivity contribution >= 4 is 0 Å². The van der Waals surface area contributed by atoms with E-state index in [0.29, 0.717) is 22.3 Å². The Labute approximate surface area is 246 Å². The minimum atomic E-state index is -4.31. The fourth-order valence-electron chi connectivity index (χ4n) is 4.93. The van der Waals surface area contributed by atoms with Gasteiger partial charge in [0.05, 0.1) is 0 Å². The van der Waals surface area contributed by atoms with E-state index >= 15 is 8.78 Å². The Bertz CT molecular complexity index is 1670. The molecule has 5 aromatic rings. The Morgan fingerprint density at radius 3 is 1.70 bits per heavy atom. The summed E-state index contributed by atoms with van der Waals surface area (Å²) in [5, 5.41) is 0. The quantitative estimate of drug-likeness (QED) is 0.116. The van der Waals surface area contributed by atoms with Crippen LogP contribution in [0.5, 0.6) is 5.75 Å². The van der Waals surface area contributed by atoms with Crippen LogP contribution in [0, 0.1) is 23.3 Å². The van der Waals surface area contributed by atoms with Gasteiger partial charge in [0.15, 0.2) is 0 Å². The van der Waals surface area contributed by atoms with Gasteiger partial charge in [0.1, 0.15) is 34.6 Å². The predicted octanol–water partition coefficient (Wildman–Crippen LogP) is 11.1. The number of halogens is 6. The first-order valence-corrected chi connectivity index (χ1v) is 14.0. The highest BCUT2D eigenvalue weighted by molar-refractivity contribution is 5.71. The minimum Gasteiger partial charge on any atom is -0.429 e. The van der Waals surface area contributed by atoms with Crippen molar-refractivity contribution in [3.05, 3.63) is 138 Å². The number of alkyl halides is 2. The van der Waals surface area contributed by atoms with Crippen LogP contribution in [0.3, 0.4) is 0 Å². The van der Waals surface area contributed by atoms with Crippen LogP contribution in [-0.2, 0) is 12.5 Å². The van der Waals surface area contributed by atoms with E-state index in [-0.39, 0.29) is 16.9 Å². The molecule has 0 N–H and O–H groups in total. The van der Waals surface area contributed by atoms with Crippen molar-refractivity contribution in [1.82, 2.24) is 0 Å². The molecule has 0 aliphatic rings. The largest absolute Gasteiger partial charge is 0.432 e. The summed E-state index contributed by atoms with van der Waals surface area (Å²) in [7, 11) is 0. The van der Waals surface area contributed by atoms with Gasteiger partial charge in [-0.2, -0.15) is 8.78 Å². The second-order valence-corrected chi connectivity index (χ2v) is 10.3. The summed E-state index contributed by atoms with van der Waals surface area (Å²) in [6, 6.07) is 24.0. The van der Waals surface area contributed by atoms with Crippen LogP contribution < -0.4 is 4.74 Å². The maximum absolute atomic E-state index is 15.0. The minimum absolute atomic E-state index is 0.136. The molecule has 0 aromatic heterocycles. The highest BCUT2D eigenvalue weighted by Gasteiger charge is 2.41. The molecule has 7 heteroatoms. The summed E-state index contributed by atoms with van der Waals surface area (Å²) < 4.78 is 92.7. The monoisotopic (exact) mass is 590 g/mol. The maximum atomic E-state index is 15.0. The van der Waals surface area contributed by atoms with E-state index < -0.39 is 34.9 Å². The fourth-order valence-corrected chi connectivity index (χ4v) is 4.93. The summed E-state index contributed by atoms with van der Waals surface area (Å²) in [6.45, 7) is 2.11. The molecule has 0 spiro atoms. The molecule has 0 aliphatic heterocycles. The first-order chi connectivity index (χ1) is 20.6. The second kappa shape index (κ2) is 12.8. The number of hydrogen-bond donors (Lipinski definition) is 0. The lowest BCUT2D eigenvalue weighted by Crippen LogP contribution is -2.25. The topological polar surface area (TPSA) is 9.23 Å². The number of ether oxygens (including phenoxy) is 1. The molecular formula is C36H28F6O. The summed E-state index contributed by atoms with van der Waals surface area (Å²) in [4.78, 5) is 0. The van der Waals surface area contributed by atoms with Crippen molar-refractivity contribution in [3.63, 3.8) is 0 Å². The van der Waals surface area contributed by atoms with Gasteiger partial charge in [0.2, 0.25) is 0 Å². The Morgan fingerprint density at radius 1 is 0.558 bits per heavy atom. The van der Waals surface area contributed by atoms with Crippen LogP contribution in [-0.4, -0.2) is 0 Å². The van der Waals surface area contributed by atoms with Crippen molar-refractivity contribution < 1.29 is 31.1 Å². The molecule has 0 radical (unpaired) electrons. The molecule has 0 saturated heterocycles. The molecule has 0 amide bonds. The molecule has 1 nitrogen and oxygen atoms in total. The van der Waals surface area contributed by atoms with Crippen molar-refractivity contribution in [2.24, 2.45) is 0 Å². The van der Waals surface area contributed by atoms with Crippen molar-refractivity contribution in [1.29, 1.82) is 0 Å². The normalized spacial score (nSPS) is 11.5. The predicted molar refractivity (Wildman–Crippen MR) is 157 cm³/mol. The smallest absolute Gasteiger partial charge is 0.429 e. The number of rotatable bonds is 10. The maximum Gasteiger partial charge on any atom is 0.432 e. The van der Waals surface area contributed by atoms with Gasteiger partial charge in [-0.15, -0.1) is 0 Å². The van der Waals surface area contributed by atoms with E-state index in [1.54, 1.807) is 18.2 Å². The van der Waals surface area contributed by atoms with Gasteiger partial charge in [0, 0.05) is 5.56 Å². The van der Waals surface area contributed by atoms with E-state index in [0.717, 1.165) is 43.4 Å². The molecule has 0 fully saturated rings. The zero-order chi connectivity index (χ0) is 30.6. The highest BCUT2D eigenvalue weighted by atomic mass is 19.3. The first-order valence-electron chi connectivity index (χ1n) is 14.0. The van der Waals surface area contributed by atoms with E-state index in [4.69, 9.17) is 4.74 Å². The average molecular weight is 591 g/mol. The Kier molecular flexibility index (Phi) is 8.90. The molecule has 0 aliphatic carbocycles. The van der Waals surface area contributed by atoms with E-state index in [2.05, 4.69) is 6.92 Å². The van der Waals surface area contributed by atoms with E-state index in [9.17, 15) is 17.6 Å². The van der Waals surface area contributed by atoms with Crippen LogP contribution in [0.4, 0.5) is 26.3 Å². The van der Waals surface area contributed by atoms with Gasteiger partial charge >= 0.3 is 6.11 Å². The number of aryl methyl sites for hydroxylation is 1. The SMILES string of the molecule is CCCCCc1ccc(-c2cc(F)c(C(F)(F)Oc3ccc(-c4ccc(-c5ccc(F)cc5)c(F)c4)cc3)c(F)c2)cc1. The van der Waals surface area contributed by atoms with Crippen LogP contribution in [0.2, 0.25) is 0 Å². The Balaban J connectivity index is 1.31. The molecule has 220 valence electrons. The van der Waals surface area contributed by atoms with E-state index in [1.165, 1.54) is 60.7 Å². The third-order valence-electron chi connectivity index (χ3n) is 7.25. The molecule has 0 saturated carbocycles. The number of unbranched alkanes of at least 4 members (excludes halogenated alkanes) is 2. The fraction of sp³-hybridized carbons (Fsp3) is 0.167. The summed E-state index contributed by atoms with van der Waals surface area (Å²) >= 11 is 0. The number of hydrogen-bond acceptors (Lipinski definition) is 1. The van der Waals surface area contributed by atoms with Crippen molar-refractivity contribution in [3.8, 4) is 39.1 Å². The van der Waals surface area contributed by atoms with Crippen LogP contribution >= 0.6 is 0 Å². The van der Waals surface area contributed by atoms with Gasteiger partial charge in [-0.05, 0) is 88.7 Å². The standard InChI is InChI=1S/C36H28F6O/c1-2-3-4-5-23-6-8-25(9-7-23)28-21-33(39)35(34(40)22-28)36(41,42)43-30-17-12-24(13-18-30)27-14-19-31(32(38)20-27)26-10-15-29(37)16-11-26/h6-22H,2-5H2,1H3. The van der Waals surface area contributed by atoms with Crippen molar-refractivity contribution in [2.45, 2.75) is 38.7 Å². The van der Waals surface area contributed by atoms with Crippen LogP contribution in [0.1, 0.15) is 37.3 Å². The Morgan fingerprint density at radius 2 is 1.09 bits per heavy atom.